The van der Waals surface area contributed by atoms with E-state index in [1.54, 1.807) is 87.5 Å². The van der Waals surface area contributed by atoms with Gasteiger partial charge in [-0.15, -0.1) is 0 Å². The van der Waals surface area contributed by atoms with Gasteiger partial charge in [-0.1, -0.05) is 92.7 Å². The smallest absolute Gasteiger partial charge is 0.408 e. The number of Topliss-reactive ketones (excluding diaryl/α,β-unsaturated/α-hetero) is 1. The zero-order valence-corrected chi connectivity index (χ0v) is 44.1. The molecule has 2 bridgehead atoms. The van der Waals surface area contributed by atoms with Crippen molar-refractivity contribution in [2.24, 2.45) is 16.7 Å². The minimum absolute atomic E-state index is 0.0183. The number of amides is 2. The summed E-state index contributed by atoms with van der Waals surface area (Å²) < 4.78 is 46.1. The van der Waals surface area contributed by atoms with Crippen molar-refractivity contribution in [1.29, 1.82) is 0 Å². The van der Waals surface area contributed by atoms with E-state index in [2.05, 4.69) is 10.6 Å². The van der Waals surface area contributed by atoms with Crippen molar-refractivity contribution in [1.82, 2.24) is 10.6 Å². The molecule has 7 rings (SSSR count). The molecule has 3 aromatic carbocycles. The van der Waals surface area contributed by atoms with Crippen molar-refractivity contribution >= 4 is 47.8 Å². The normalized spacial score (nSPS) is 27.9. The van der Waals surface area contributed by atoms with Gasteiger partial charge in [0.2, 0.25) is 6.10 Å². The second kappa shape index (κ2) is 22.8. The highest BCUT2D eigenvalue weighted by Crippen LogP contribution is 2.64. The molecule has 5 N–H and O–H groups in total. The lowest BCUT2D eigenvalue weighted by Gasteiger charge is -2.67. The van der Waals surface area contributed by atoms with Gasteiger partial charge in [-0.25, -0.2) is 24.0 Å². The van der Waals surface area contributed by atoms with Crippen LogP contribution in [0.15, 0.2) is 102 Å². The molecule has 1 aliphatic heterocycles. The van der Waals surface area contributed by atoms with Crippen LogP contribution in [0.2, 0.25) is 0 Å². The molecule has 0 radical (unpaired) electrons. The molecule has 4 aliphatic rings. The Labute approximate surface area is 444 Å². The molecule has 0 spiro atoms. The number of rotatable bonds is 16. The van der Waals surface area contributed by atoms with E-state index in [4.69, 9.17) is 37.9 Å². The first kappa shape index (κ1) is 57.5. The Morgan fingerprint density at radius 3 is 2.05 bits per heavy atom. The average molecular weight is 1070 g/mol. The molecule has 1 heterocycles. The van der Waals surface area contributed by atoms with E-state index in [0.717, 1.165) is 12.5 Å². The molecule has 77 heavy (non-hydrogen) atoms. The van der Waals surface area contributed by atoms with Crippen LogP contribution in [0.5, 0.6) is 0 Å². The first-order valence-electron chi connectivity index (χ1n) is 25.2. The van der Waals surface area contributed by atoms with Gasteiger partial charge < -0.3 is 63.8 Å². The summed E-state index contributed by atoms with van der Waals surface area (Å²) in [5.74, 6) is -8.05. The van der Waals surface area contributed by atoms with Crippen molar-refractivity contribution < 1.29 is 91.6 Å². The third-order valence-corrected chi connectivity index (χ3v) is 15.0. The maximum absolute atomic E-state index is 15.3. The molecule has 1 unspecified atom stereocenters. The van der Waals surface area contributed by atoms with Crippen LogP contribution in [0.1, 0.15) is 102 Å². The van der Waals surface area contributed by atoms with Gasteiger partial charge in [0.25, 0.3) is 0 Å². The van der Waals surface area contributed by atoms with Crippen molar-refractivity contribution in [3.63, 3.8) is 0 Å². The van der Waals surface area contributed by atoms with E-state index in [0.29, 0.717) is 0 Å². The summed E-state index contributed by atoms with van der Waals surface area (Å²) in [6.07, 6.45) is -13.7. The Balaban J connectivity index is 1.24. The van der Waals surface area contributed by atoms with E-state index in [9.17, 15) is 44.1 Å². The van der Waals surface area contributed by atoms with Gasteiger partial charge in [-0.2, -0.15) is 0 Å². The highest BCUT2D eigenvalue weighted by molar-refractivity contribution is 5.94. The Bertz CT molecular complexity index is 2740. The number of benzene rings is 3. The van der Waals surface area contributed by atoms with Crippen LogP contribution < -0.4 is 10.6 Å². The number of fused-ring (bicyclic) bond motifs is 5. The van der Waals surface area contributed by atoms with Gasteiger partial charge in [0.15, 0.2) is 18.0 Å². The number of aliphatic hydroxyl groups excluding tert-OH is 2. The maximum atomic E-state index is 15.3. The number of aliphatic hydroxyl groups is 3. The minimum Gasteiger partial charge on any atom is -0.455 e. The fourth-order valence-electron chi connectivity index (χ4n) is 11.1. The van der Waals surface area contributed by atoms with Gasteiger partial charge in [0.05, 0.1) is 36.0 Å². The largest absolute Gasteiger partial charge is 0.455 e. The molecule has 3 fully saturated rings. The lowest BCUT2D eigenvalue weighted by Crippen LogP contribution is -2.81. The number of alkyl carbamates (subject to hydrolysis) is 2. The summed E-state index contributed by atoms with van der Waals surface area (Å²) >= 11 is 0. The number of esters is 5. The molecule has 1 saturated heterocycles. The molecular weight excluding hydrogens is 1000 g/mol. The zero-order chi connectivity index (χ0) is 56.3. The summed E-state index contributed by atoms with van der Waals surface area (Å²) in [4.78, 5) is 110. The number of ketones is 1. The molecule has 2 amide bonds. The number of ether oxygens (including phenoxy) is 8. The van der Waals surface area contributed by atoms with Crippen molar-refractivity contribution in [3.8, 4) is 0 Å². The maximum Gasteiger partial charge on any atom is 0.408 e. The third-order valence-electron chi connectivity index (χ3n) is 15.0. The lowest BCUT2D eigenvalue weighted by molar-refractivity contribution is -0.346. The van der Waals surface area contributed by atoms with E-state index in [1.807, 2.05) is 0 Å². The van der Waals surface area contributed by atoms with E-state index >= 15 is 9.59 Å². The first-order valence-corrected chi connectivity index (χ1v) is 25.2. The number of hydrogen-bond donors (Lipinski definition) is 5. The van der Waals surface area contributed by atoms with Gasteiger partial charge in [-0.05, 0) is 69.0 Å². The zero-order valence-electron chi connectivity index (χ0n) is 44.1. The van der Waals surface area contributed by atoms with Crippen LogP contribution >= 0.6 is 0 Å². The standard InChI is InChI=1S/C56H66N2O19/c1-31-36(27-56(69)47(75-48(65)35-22-16-11-17-23-35)45-54(8,46(64)43(63)41(31)53(56,6)7)37(60)26-38-55(45,30-72-38)76-32(2)59)73-49(66)44(42(34-20-14-10-15-21-34)58-51(68)77-52(3,4)5)74-40(62)29-70-39(61)24-25-57-50(67)71-28-33-18-12-9-13-19-33/h9-23,36-38,42-45,47,60,63,69H,24-30H2,1-8H3,(H,57,67)(H,58,68)/t36-,37-,38+,42-,43+,44+,45-,47?,54+,55-,56+/m0/s1. The highest BCUT2D eigenvalue weighted by Gasteiger charge is 2.78. The van der Waals surface area contributed by atoms with Crippen molar-refractivity contribution in [3.05, 3.63) is 119 Å². The third kappa shape index (κ3) is 11.9. The summed E-state index contributed by atoms with van der Waals surface area (Å²) in [7, 11) is 0. The summed E-state index contributed by atoms with van der Waals surface area (Å²) in [6.45, 7) is 9.97. The van der Waals surface area contributed by atoms with Crippen LogP contribution in [-0.4, -0.2) is 136 Å². The summed E-state index contributed by atoms with van der Waals surface area (Å²) in [5.41, 5.74) is -8.45. The monoisotopic (exact) mass is 1070 g/mol. The first-order chi connectivity index (χ1) is 36.2. The Morgan fingerprint density at radius 2 is 1.45 bits per heavy atom. The molecule has 3 aromatic rings. The van der Waals surface area contributed by atoms with Gasteiger partial charge in [0, 0.05) is 31.7 Å². The fourth-order valence-corrected chi connectivity index (χ4v) is 11.1. The number of carbonyl (C=O) groups excluding carboxylic acids is 8. The van der Waals surface area contributed by atoms with E-state index in [-0.39, 0.29) is 48.5 Å². The molecular formula is C56H66N2O19. The lowest BCUT2D eigenvalue weighted by atomic mass is 9.44. The molecule has 11 atom stereocenters. The SMILES string of the molecule is CC(=O)O[C@@]12CO[C@@H]1C[C@H](O)[C@@]1(C)C(=O)[C@H](O)C3=C(C)[C@@H](OC(=O)[C@H](OC(=O)COC(=O)CCNC(=O)OCc4ccccc4)[C@@H](NC(=O)OC(C)(C)C)c4ccccc4)C[C@@](O)(C(OC(=O)c4ccccc4)[C@H]21)C3(C)C. The van der Waals surface area contributed by atoms with Crippen molar-refractivity contribution in [2.75, 3.05) is 19.8 Å². The van der Waals surface area contributed by atoms with E-state index in [1.165, 1.54) is 52.0 Å². The Hall–Kier alpha value is -7.20. The Morgan fingerprint density at radius 1 is 0.831 bits per heavy atom. The average Bonchev–Trinajstić information content (AvgIpc) is 3.47. The topological polar surface area (TPSA) is 295 Å². The molecule has 21 nitrogen and oxygen atoms in total. The molecule has 0 aromatic heterocycles. The van der Waals surface area contributed by atoms with Gasteiger partial charge >= 0.3 is 42.0 Å². The van der Waals surface area contributed by atoms with Crippen molar-refractivity contribution in [2.45, 2.75) is 141 Å². The number of hydrogen-bond acceptors (Lipinski definition) is 19. The second-order valence-electron chi connectivity index (χ2n) is 21.4. The molecule has 2 saturated carbocycles. The number of nitrogens with one attached hydrogen (secondary N) is 2. The number of carbonyl (C=O) groups is 8. The van der Waals surface area contributed by atoms with Gasteiger partial charge in [0.1, 0.15) is 48.3 Å². The fraction of sp³-hybridized carbons (Fsp3) is 0.500. The van der Waals surface area contributed by atoms with E-state index < -0.39 is 143 Å². The summed E-state index contributed by atoms with van der Waals surface area (Å²) in [6, 6.07) is 22.8. The molecule has 3 aliphatic carbocycles. The summed E-state index contributed by atoms with van der Waals surface area (Å²) in [5, 5.41) is 43.2. The van der Waals surface area contributed by atoms with Crippen LogP contribution in [0.25, 0.3) is 0 Å². The van der Waals surface area contributed by atoms with Crippen LogP contribution in [0, 0.1) is 16.7 Å². The second-order valence-corrected chi connectivity index (χ2v) is 21.4. The molecule has 414 valence electrons. The minimum atomic E-state index is -2.50. The van der Waals surface area contributed by atoms with Crippen LogP contribution in [-0.2, 0) is 68.5 Å². The molecule has 21 heteroatoms. The highest BCUT2D eigenvalue weighted by atomic mass is 16.6. The predicted octanol–water partition coefficient (Wildman–Crippen LogP) is 4.67. The predicted molar refractivity (Wildman–Crippen MR) is 268 cm³/mol. The van der Waals surface area contributed by atoms with Crippen LogP contribution in [0.3, 0.4) is 0 Å². The Kier molecular flexibility index (Phi) is 17.0. The quantitative estimate of drug-likeness (QED) is 0.0740. The van der Waals surface area contributed by atoms with Gasteiger partial charge in [-0.3, -0.25) is 14.4 Å². The van der Waals surface area contributed by atoms with Crippen LogP contribution in [0.4, 0.5) is 9.59 Å².